The van der Waals surface area contributed by atoms with Gasteiger partial charge in [0.1, 0.15) is 18.3 Å². The lowest BCUT2D eigenvalue weighted by molar-refractivity contribution is -0.225. The molecule has 3 fully saturated rings. The van der Waals surface area contributed by atoms with Gasteiger partial charge in [0.2, 0.25) is 0 Å². The second-order valence-corrected chi connectivity index (χ2v) is 7.55. The van der Waals surface area contributed by atoms with Gasteiger partial charge in [0.05, 0.1) is 19.0 Å². The summed E-state index contributed by atoms with van der Waals surface area (Å²) in [5.41, 5.74) is 0. The monoisotopic (exact) mass is 390 g/mol. The first-order chi connectivity index (χ1) is 12.1. The molecule has 26 heavy (non-hydrogen) atoms. The predicted octanol–water partition coefficient (Wildman–Crippen LogP) is 0.448. The Kier molecular flexibility index (Phi) is 5.21. The van der Waals surface area contributed by atoms with Crippen molar-refractivity contribution in [2.75, 3.05) is 6.61 Å². The molecule has 1 aromatic heterocycles. The Labute approximate surface area is 152 Å². The average Bonchev–Trinajstić information content (AvgIpc) is 3.20. The summed E-state index contributed by atoms with van der Waals surface area (Å²) in [5.74, 6) is -1.24. The quantitative estimate of drug-likeness (QED) is 0.709. The number of hydrogen-bond donors (Lipinski definition) is 0. The molecule has 1 aromatic rings. The van der Waals surface area contributed by atoms with E-state index < -0.39 is 28.5 Å². The number of fused-ring (bicyclic) bond motifs is 1. The van der Waals surface area contributed by atoms with Crippen molar-refractivity contribution in [1.82, 2.24) is 9.55 Å². The maximum Gasteiger partial charge on any atom is 0.425 e. The number of imidazole rings is 1. The van der Waals surface area contributed by atoms with Crippen LogP contribution in [0.4, 0.5) is 0 Å². The lowest BCUT2D eigenvalue weighted by Crippen LogP contribution is -2.40. The van der Waals surface area contributed by atoms with Crippen LogP contribution in [-0.2, 0) is 34.3 Å². The summed E-state index contributed by atoms with van der Waals surface area (Å²) >= 11 is 0. The Bertz CT molecular complexity index is 726. The van der Waals surface area contributed by atoms with E-state index in [4.69, 9.17) is 36.3 Å². The summed E-state index contributed by atoms with van der Waals surface area (Å²) in [6.07, 6.45) is 4.48. The highest BCUT2D eigenvalue weighted by molar-refractivity contribution is 7.59. The number of ether oxygens (including phenoxy) is 5. The van der Waals surface area contributed by atoms with E-state index in [-0.39, 0.29) is 24.4 Å². The zero-order chi connectivity index (χ0) is 19.1. The molecule has 0 spiro atoms. The second-order valence-electron chi connectivity index (χ2n) is 7.14. The zero-order valence-electron chi connectivity index (χ0n) is 14.9. The smallest absolute Gasteiger partial charge is 0.348 e. The lowest BCUT2D eigenvalue weighted by atomic mass is 10.0. The molecule has 5 atom stereocenters. The fraction of sp³-hybridized carbons (Fsp3) is 0.800. The fourth-order valence-electron chi connectivity index (χ4n) is 3.49. The first-order valence-corrected chi connectivity index (χ1v) is 9.15. The van der Waals surface area contributed by atoms with E-state index >= 15 is 0 Å². The van der Waals surface area contributed by atoms with E-state index in [1.54, 1.807) is 12.5 Å². The molecule has 0 bridgehead atoms. The summed E-state index contributed by atoms with van der Waals surface area (Å²) in [4.78, 5) is 4.15. The van der Waals surface area contributed by atoms with Crippen LogP contribution in [0.15, 0.2) is 18.7 Å². The average molecular weight is 390 g/mol. The third kappa shape index (κ3) is 4.13. The summed E-state index contributed by atoms with van der Waals surface area (Å²) in [7, 11) is -3.11. The molecule has 10 nitrogen and oxygen atoms in total. The van der Waals surface area contributed by atoms with Gasteiger partial charge in [-0.05, 0) is 27.7 Å². The SMILES string of the molecule is CC1(C)OC[C@H]([C@H]2OC3OC(C)(C)O[C@@H]3[C@H]2n2ccnc2)O1.O=S(=O)=O. The first kappa shape index (κ1) is 19.4. The van der Waals surface area contributed by atoms with Crippen molar-refractivity contribution in [3.05, 3.63) is 18.7 Å². The Morgan fingerprint density at radius 3 is 2.27 bits per heavy atom. The van der Waals surface area contributed by atoms with E-state index in [1.165, 1.54) is 0 Å². The predicted molar refractivity (Wildman–Crippen MR) is 84.6 cm³/mol. The minimum atomic E-state index is -3.11. The summed E-state index contributed by atoms with van der Waals surface area (Å²) in [6.45, 7) is 8.10. The number of nitrogens with zero attached hydrogens (tertiary/aromatic N) is 2. The molecule has 0 amide bonds. The third-order valence-electron chi connectivity index (χ3n) is 4.32. The van der Waals surface area contributed by atoms with E-state index in [0.717, 1.165) is 0 Å². The normalized spacial score (nSPS) is 37.0. The number of hydrogen-bond acceptors (Lipinski definition) is 9. The van der Waals surface area contributed by atoms with Gasteiger partial charge in [-0.3, -0.25) is 0 Å². The van der Waals surface area contributed by atoms with Crippen LogP contribution in [0.2, 0.25) is 0 Å². The topological polar surface area (TPSA) is 115 Å². The largest absolute Gasteiger partial charge is 0.425 e. The Hall–Kier alpha value is -1.37. The van der Waals surface area contributed by atoms with Gasteiger partial charge in [0.15, 0.2) is 17.9 Å². The summed E-state index contributed by atoms with van der Waals surface area (Å²) < 4.78 is 57.1. The minimum Gasteiger partial charge on any atom is -0.348 e. The van der Waals surface area contributed by atoms with Crippen LogP contribution in [0.25, 0.3) is 0 Å². The summed E-state index contributed by atoms with van der Waals surface area (Å²) in [6, 6.07) is -0.0585. The van der Waals surface area contributed by atoms with Crippen LogP contribution in [0.1, 0.15) is 33.7 Å². The Morgan fingerprint density at radius 1 is 1.04 bits per heavy atom. The lowest BCUT2D eigenvalue weighted by Gasteiger charge is -2.29. The van der Waals surface area contributed by atoms with Gasteiger partial charge in [0, 0.05) is 12.4 Å². The van der Waals surface area contributed by atoms with Crippen molar-refractivity contribution in [2.24, 2.45) is 0 Å². The standard InChI is InChI=1S/C15H22N2O5.O3S/c1-14(2)18-7-9(20-14)11-10(17-6-5-16-8-17)12-13(19-11)22-15(3,4)21-12;1-4(2)3/h5-6,8-13H,7H2,1-4H3;/t9-,10+,11-,12-,13?;/m1./s1. The molecule has 0 saturated carbocycles. The molecule has 1 unspecified atom stereocenters. The number of rotatable bonds is 2. The molecule has 3 saturated heterocycles. The molecule has 0 aliphatic carbocycles. The van der Waals surface area contributed by atoms with Crippen LogP contribution in [-0.4, -0.2) is 65.0 Å². The van der Waals surface area contributed by atoms with E-state index in [2.05, 4.69) is 4.98 Å². The van der Waals surface area contributed by atoms with Crippen molar-refractivity contribution in [3.8, 4) is 0 Å². The van der Waals surface area contributed by atoms with Crippen molar-refractivity contribution < 1.29 is 36.3 Å². The van der Waals surface area contributed by atoms with E-state index in [1.807, 2.05) is 38.5 Å². The highest BCUT2D eigenvalue weighted by Gasteiger charge is 2.58. The van der Waals surface area contributed by atoms with Gasteiger partial charge in [-0.15, -0.1) is 12.6 Å². The van der Waals surface area contributed by atoms with Crippen molar-refractivity contribution in [3.63, 3.8) is 0 Å². The van der Waals surface area contributed by atoms with Gasteiger partial charge >= 0.3 is 10.6 Å². The van der Waals surface area contributed by atoms with E-state index in [9.17, 15) is 0 Å². The highest BCUT2D eigenvalue weighted by atomic mass is 32.2. The molecule has 146 valence electrons. The van der Waals surface area contributed by atoms with E-state index in [0.29, 0.717) is 6.61 Å². The van der Waals surface area contributed by atoms with Crippen LogP contribution >= 0.6 is 0 Å². The Balaban J connectivity index is 0.000000447. The van der Waals surface area contributed by atoms with Gasteiger partial charge in [-0.25, -0.2) is 4.98 Å². The molecule has 0 N–H and O–H groups in total. The second kappa shape index (κ2) is 6.98. The molecule has 0 radical (unpaired) electrons. The van der Waals surface area contributed by atoms with Crippen LogP contribution in [0.5, 0.6) is 0 Å². The molecule has 0 aromatic carbocycles. The van der Waals surface area contributed by atoms with Crippen molar-refractivity contribution in [2.45, 2.75) is 69.9 Å². The Morgan fingerprint density at radius 2 is 1.73 bits per heavy atom. The molecule has 4 rings (SSSR count). The maximum absolute atomic E-state index is 8.44. The molecular weight excluding hydrogens is 368 g/mol. The van der Waals surface area contributed by atoms with Crippen LogP contribution in [0, 0.1) is 0 Å². The highest BCUT2D eigenvalue weighted by Crippen LogP contribution is 2.45. The van der Waals surface area contributed by atoms with Crippen molar-refractivity contribution >= 4 is 10.6 Å². The van der Waals surface area contributed by atoms with Crippen LogP contribution in [0.3, 0.4) is 0 Å². The number of aromatic nitrogens is 2. The van der Waals surface area contributed by atoms with Crippen molar-refractivity contribution in [1.29, 1.82) is 0 Å². The fourth-order valence-corrected chi connectivity index (χ4v) is 3.49. The first-order valence-electron chi connectivity index (χ1n) is 8.15. The summed E-state index contributed by atoms with van der Waals surface area (Å²) in [5, 5.41) is 0. The van der Waals surface area contributed by atoms with Gasteiger partial charge in [0.25, 0.3) is 0 Å². The molecule has 3 aliphatic heterocycles. The minimum absolute atomic E-state index is 0.0585. The molecular formula is C15H22N2O8S. The molecule has 3 aliphatic rings. The van der Waals surface area contributed by atoms with Gasteiger partial charge in [-0.1, -0.05) is 0 Å². The van der Waals surface area contributed by atoms with Gasteiger partial charge in [-0.2, -0.15) is 0 Å². The molecule has 4 heterocycles. The maximum atomic E-state index is 8.44. The van der Waals surface area contributed by atoms with Crippen LogP contribution < -0.4 is 0 Å². The molecule has 11 heteroatoms. The van der Waals surface area contributed by atoms with Gasteiger partial charge < -0.3 is 28.3 Å². The third-order valence-corrected chi connectivity index (χ3v) is 4.32. The zero-order valence-corrected chi connectivity index (χ0v) is 15.7.